The molecule has 13 nitrogen and oxygen atoms in total. The van der Waals surface area contributed by atoms with Crippen LogP contribution in [-0.2, 0) is 38.0 Å². The first kappa shape index (κ1) is 40.1. The van der Waals surface area contributed by atoms with Gasteiger partial charge in [0.15, 0.2) is 12.6 Å². The van der Waals surface area contributed by atoms with Crippen molar-refractivity contribution in [2.45, 2.75) is 173 Å². The van der Waals surface area contributed by atoms with Crippen molar-refractivity contribution in [1.29, 1.82) is 0 Å². The van der Waals surface area contributed by atoms with E-state index in [1.54, 1.807) is 41.5 Å². The van der Waals surface area contributed by atoms with Crippen molar-refractivity contribution in [3.05, 3.63) is 11.3 Å². The standard InChI is InChI=1S/C36H61NO12/c1-13-24-36(10)29(39)19(4)27(49-36)17(2)15-35(9,43)31(48-33-26(38)23(37(11)12)14-18(3)44-33)20(5)28(21(6)32(41)46-24)47-25-16-34(8,42)30(40)22(7)45-25/h17-18,20-26,28,30-31,33,38,40,42-43H,13-16H2,1-12H3/t17-,18-,20+,21+,22-,23+,24-,25-,26+,28+,30-,31-,33+,34-,35-,36-/m1/s1. The molecule has 0 aromatic rings. The van der Waals surface area contributed by atoms with Gasteiger partial charge >= 0.3 is 5.97 Å². The average Bonchev–Trinajstić information content (AvgIpc) is 3.24. The van der Waals surface area contributed by atoms with Crippen molar-refractivity contribution in [2.24, 2.45) is 17.8 Å². The number of allylic oxidation sites excluding steroid dienone is 1. The summed E-state index contributed by atoms with van der Waals surface area (Å²) in [4.78, 5) is 29.7. The molecule has 49 heavy (non-hydrogen) atoms. The van der Waals surface area contributed by atoms with Crippen LogP contribution in [-0.4, -0.2) is 129 Å². The lowest BCUT2D eigenvalue weighted by Gasteiger charge is -2.48. The molecule has 4 aliphatic heterocycles. The Kier molecular flexibility index (Phi) is 12.1. The van der Waals surface area contributed by atoms with Gasteiger partial charge in [-0.1, -0.05) is 20.8 Å². The van der Waals surface area contributed by atoms with Gasteiger partial charge in [0, 0.05) is 29.9 Å². The zero-order chi connectivity index (χ0) is 37.0. The molecule has 0 spiro atoms. The summed E-state index contributed by atoms with van der Waals surface area (Å²) >= 11 is 0. The van der Waals surface area contributed by atoms with Crippen molar-refractivity contribution in [2.75, 3.05) is 14.1 Å². The molecule has 4 N–H and O–H groups in total. The summed E-state index contributed by atoms with van der Waals surface area (Å²) in [6, 6.07) is -0.288. The zero-order valence-corrected chi connectivity index (χ0v) is 31.3. The van der Waals surface area contributed by atoms with Gasteiger partial charge in [0.2, 0.25) is 11.4 Å². The van der Waals surface area contributed by atoms with E-state index in [4.69, 9.17) is 28.4 Å². The maximum Gasteiger partial charge on any atom is 0.311 e. The fourth-order valence-corrected chi connectivity index (χ4v) is 8.40. The molecule has 3 fully saturated rings. The first-order valence-electron chi connectivity index (χ1n) is 17.8. The molecule has 0 saturated carbocycles. The highest BCUT2D eigenvalue weighted by Gasteiger charge is 2.56. The number of nitrogens with zero attached hydrogens (tertiary/aromatic N) is 1. The number of esters is 1. The second-order valence-electron chi connectivity index (χ2n) is 16.0. The molecule has 4 heterocycles. The predicted molar refractivity (Wildman–Crippen MR) is 178 cm³/mol. The highest BCUT2D eigenvalue weighted by atomic mass is 16.7. The van der Waals surface area contributed by atoms with Crippen molar-refractivity contribution < 1.29 is 58.4 Å². The fraction of sp³-hybridized carbons (Fsp3) is 0.889. The van der Waals surface area contributed by atoms with Crippen LogP contribution in [0.4, 0.5) is 0 Å². The number of rotatable bonds is 6. The lowest BCUT2D eigenvalue weighted by molar-refractivity contribution is -0.316. The molecule has 2 bridgehead atoms. The van der Waals surface area contributed by atoms with Crippen LogP contribution < -0.4 is 0 Å². The van der Waals surface area contributed by atoms with E-state index >= 15 is 0 Å². The number of likely N-dealkylation sites (N-methyl/N-ethyl adjacent to an activating group) is 1. The van der Waals surface area contributed by atoms with E-state index in [1.165, 1.54) is 6.92 Å². The van der Waals surface area contributed by atoms with Crippen LogP contribution in [0.25, 0.3) is 0 Å². The molecule has 0 aliphatic carbocycles. The molecule has 282 valence electrons. The van der Waals surface area contributed by atoms with Crippen LogP contribution in [0.2, 0.25) is 0 Å². The molecule has 16 atom stereocenters. The zero-order valence-electron chi connectivity index (χ0n) is 31.3. The SMILES string of the molecule is CC[C@H]1OC(=O)[C@@H](C)[C@@H](O[C@@H]2C[C@@](C)(O)[C@H](O)[C@@H](C)O2)[C@H](C)[C@@H](O[C@@H]2O[C@H](C)C[C@H](N(C)C)[C@@H]2O)[C@](C)(O)C[C@@H](C)C2=C(C)C(=O)[C@]1(C)O2. The average molecular weight is 700 g/mol. The van der Waals surface area contributed by atoms with E-state index in [-0.39, 0.29) is 30.8 Å². The first-order valence-corrected chi connectivity index (χ1v) is 17.8. The Morgan fingerprint density at radius 3 is 2.14 bits per heavy atom. The Balaban J connectivity index is 1.82. The van der Waals surface area contributed by atoms with Gasteiger partial charge in [0.1, 0.15) is 24.1 Å². The molecule has 0 unspecified atom stereocenters. The monoisotopic (exact) mass is 699 g/mol. The van der Waals surface area contributed by atoms with Crippen molar-refractivity contribution in [3.8, 4) is 0 Å². The normalized spacial score (nSPS) is 48.8. The van der Waals surface area contributed by atoms with Gasteiger partial charge in [0.25, 0.3) is 0 Å². The van der Waals surface area contributed by atoms with Crippen LogP contribution in [0.1, 0.15) is 94.9 Å². The summed E-state index contributed by atoms with van der Waals surface area (Å²) in [6.45, 7) is 17.0. The summed E-state index contributed by atoms with van der Waals surface area (Å²) in [7, 11) is 3.74. The molecule has 13 heteroatoms. The number of hydrogen-bond donors (Lipinski definition) is 4. The number of aliphatic hydroxyl groups is 4. The van der Waals surface area contributed by atoms with E-state index < -0.39 is 89.7 Å². The third kappa shape index (κ3) is 7.90. The molecule has 0 radical (unpaired) electrons. The summed E-state index contributed by atoms with van der Waals surface area (Å²) < 4.78 is 37.8. The Hall–Kier alpha value is -1.68. The van der Waals surface area contributed by atoms with Crippen molar-refractivity contribution in [1.82, 2.24) is 4.90 Å². The lowest BCUT2D eigenvalue weighted by Crippen LogP contribution is -2.60. The van der Waals surface area contributed by atoms with Gasteiger partial charge < -0.3 is 53.7 Å². The summed E-state index contributed by atoms with van der Waals surface area (Å²) in [5.41, 5.74) is -4.26. The van der Waals surface area contributed by atoms with Gasteiger partial charge in [-0.25, -0.2) is 0 Å². The minimum Gasteiger partial charge on any atom is -0.479 e. The smallest absolute Gasteiger partial charge is 0.311 e. The Bertz CT molecular complexity index is 1240. The highest BCUT2D eigenvalue weighted by molar-refractivity contribution is 6.04. The molecule has 0 aromatic carbocycles. The van der Waals surface area contributed by atoms with Crippen LogP contribution >= 0.6 is 0 Å². The van der Waals surface area contributed by atoms with Crippen molar-refractivity contribution in [3.63, 3.8) is 0 Å². The Labute approximate surface area is 291 Å². The second kappa shape index (κ2) is 14.7. The number of cyclic esters (lactones) is 1. The van der Waals surface area contributed by atoms with E-state index in [9.17, 15) is 30.0 Å². The topological polar surface area (TPSA) is 174 Å². The van der Waals surface area contributed by atoms with E-state index in [0.717, 1.165) is 0 Å². The minimum atomic E-state index is -1.65. The molecule has 3 saturated heterocycles. The lowest BCUT2D eigenvalue weighted by atomic mass is 9.77. The van der Waals surface area contributed by atoms with E-state index in [2.05, 4.69) is 0 Å². The first-order chi connectivity index (χ1) is 22.5. The third-order valence-corrected chi connectivity index (χ3v) is 11.3. The fourth-order valence-electron chi connectivity index (χ4n) is 8.40. The molecule has 0 aromatic heterocycles. The van der Waals surface area contributed by atoms with E-state index in [0.29, 0.717) is 24.2 Å². The van der Waals surface area contributed by atoms with Crippen LogP contribution in [0.3, 0.4) is 0 Å². The van der Waals surface area contributed by atoms with Crippen LogP contribution in [0.5, 0.6) is 0 Å². The maximum atomic E-state index is 14.1. The van der Waals surface area contributed by atoms with Crippen molar-refractivity contribution >= 4 is 11.8 Å². The highest BCUT2D eigenvalue weighted by Crippen LogP contribution is 2.44. The Morgan fingerprint density at radius 1 is 0.939 bits per heavy atom. The summed E-state index contributed by atoms with van der Waals surface area (Å²) in [5.74, 6) is -2.77. The number of carbonyl (C=O) groups excluding carboxylic acids is 2. The number of ether oxygens (including phenoxy) is 6. The Morgan fingerprint density at radius 2 is 1.57 bits per heavy atom. The number of carbonyl (C=O) groups is 2. The largest absolute Gasteiger partial charge is 0.479 e. The summed E-state index contributed by atoms with van der Waals surface area (Å²) in [6.07, 6.45) is -7.68. The number of Topliss-reactive ketones (excluding diaryl/α,β-unsaturated/α-hetero) is 1. The van der Waals surface area contributed by atoms with Gasteiger partial charge in [-0.15, -0.1) is 0 Å². The predicted octanol–water partition coefficient (Wildman–Crippen LogP) is 2.45. The molecular formula is C36H61NO12. The molecular weight excluding hydrogens is 638 g/mol. The molecule has 0 amide bonds. The van der Waals surface area contributed by atoms with Gasteiger partial charge in [0.05, 0.1) is 41.5 Å². The third-order valence-electron chi connectivity index (χ3n) is 11.3. The van der Waals surface area contributed by atoms with Gasteiger partial charge in [-0.05, 0) is 81.8 Å². The van der Waals surface area contributed by atoms with Gasteiger partial charge in [-0.2, -0.15) is 0 Å². The number of hydrogen-bond acceptors (Lipinski definition) is 13. The number of aliphatic hydroxyl groups excluding tert-OH is 2. The quantitative estimate of drug-likeness (QED) is 0.298. The minimum absolute atomic E-state index is 0.0814. The van der Waals surface area contributed by atoms with E-state index in [1.807, 2.05) is 39.8 Å². The van der Waals surface area contributed by atoms with Gasteiger partial charge in [-0.3, -0.25) is 9.59 Å². The maximum absolute atomic E-state index is 14.1. The molecule has 4 aliphatic rings. The molecule has 4 rings (SSSR count). The van der Waals surface area contributed by atoms with Crippen LogP contribution in [0.15, 0.2) is 11.3 Å². The number of fused-ring (bicyclic) bond motifs is 2. The van der Waals surface area contributed by atoms with Crippen LogP contribution in [0, 0.1) is 17.8 Å². The summed E-state index contributed by atoms with van der Waals surface area (Å²) in [5, 5.41) is 45.5. The number of ketones is 1. The second-order valence-corrected chi connectivity index (χ2v) is 16.0.